The maximum Gasteiger partial charge on any atom is 0.274 e. The monoisotopic (exact) mass is 458 g/mol. The second kappa shape index (κ2) is 7.70. The van der Waals surface area contributed by atoms with E-state index in [4.69, 9.17) is 11.6 Å². The zero-order valence-electron chi connectivity index (χ0n) is 18.2. The molecule has 33 heavy (non-hydrogen) atoms. The summed E-state index contributed by atoms with van der Waals surface area (Å²) in [6.45, 7) is 1.86. The van der Waals surface area contributed by atoms with Crippen molar-refractivity contribution in [3.63, 3.8) is 0 Å². The highest BCUT2D eigenvalue weighted by Gasteiger charge is 2.42. The fourth-order valence-electron chi connectivity index (χ4n) is 5.12. The minimum Gasteiger partial charge on any atom is -0.371 e. The maximum absolute atomic E-state index is 14.6. The lowest BCUT2D eigenvalue weighted by Crippen LogP contribution is -2.42. The van der Waals surface area contributed by atoms with Crippen LogP contribution in [0.25, 0.3) is 33.2 Å². The molecule has 6 nitrogen and oxygen atoms in total. The number of halogens is 2. The molecule has 2 fully saturated rings. The van der Waals surface area contributed by atoms with Gasteiger partial charge in [-0.15, -0.1) is 0 Å². The summed E-state index contributed by atoms with van der Waals surface area (Å²) in [4.78, 5) is 11.6. The summed E-state index contributed by atoms with van der Waals surface area (Å²) in [5, 5.41) is 15.7. The van der Waals surface area contributed by atoms with Crippen LogP contribution in [0, 0.1) is 23.0 Å². The van der Waals surface area contributed by atoms with Crippen LogP contribution < -0.4 is 4.90 Å². The molecule has 4 aromatic rings. The third kappa shape index (κ3) is 3.61. The SMILES string of the molecule is Cn1cc2cc(-c3cc(Cl)c4cc(N5CCB(C#N)C(C6CC6)C5)cnc4n3)cc(F)c2n1. The van der Waals surface area contributed by atoms with E-state index in [1.165, 1.54) is 18.9 Å². The Bertz CT molecular complexity index is 1440. The highest BCUT2D eigenvalue weighted by atomic mass is 35.5. The summed E-state index contributed by atoms with van der Waals surface area (Å²) in [6.07, 6.45) is 6.95. The molecular weight excluding hydrogens is 438 g/mol. The van der Waals surface area contributed by atoms with Crippen molar-refractivity contribution in [3.8, 4) is 17.2 Å². The first-order valence-corrected chi connectivity index (χ1v) is 11.6. The van der Waals surface area contributed by atoms with Crippen LogP contribution in [0.2, 0.25) is 17.2 Å². The summed E-state index contributed by atoms with van der Waals surface area (Å²) < 4.78 is 16.2. The van der Waals surface area contributed by atoms with Crippen molar-refractivity contribution in [1.29, 1.82) is 5.26 Å². The van der Waals surface area contributed by atoms with Crippen molar-refractivity contribution < 1.29 is 4.39 Å². The van der Waals surface area contributed by atoms with Gasteiger partial charge in [-0.3, -0.25) is 4.68 Å². The van der Waals surface area contributed by atoms with Crippen molar-refractivity contribution in [1.82, 2.24) is 19.7 Å². The normalized spacial score (nSPS) is 18.8. The molecule has 1 aliphatic carbocycles. The molecule has 3 aromatic heterocycles. The van der Waals surface area contributed by atoms with Crippen LogP contribution in [0.3, 0.4) is 0 Å². The van der Waals surface area contributed by atoms with Gasteiger partial charge in [0.05, 0.1) is 22.6 Å². The second-order valence-electron chi connectivity index (χ2n) is 9.22. The van der Waals surface area contributed by atoms with Gasteiger partial charge in [0.2, 0.25) is 0 Å². The van der Waals surface area contributed by atoms with Gasteiger partial charge in [-0.05, 0) is 42.3 Å². The first kappa shape index (κ1) is 20.4. The van der Waals surface area contributed by atoms with Gasteiger partial charge in [0.15, 0.2) is 11.5 Å². The van der Waals surface area contributed by atoms with Crippen LogP contribution in [-0.2, 0) is 7.05 Å². The van der Waals surface area contributed by atoms with E-state index in [0.29, 0.717) is 44.6 Å². The Hall–Kier alpha value is -3.18. The van der Waals surface area contributed by atoms with E-state index >= 15 is 0 Å². The third-order valence-electron chi connectivity index (χ3n) is 6.99. The Morgan fingerprint density at radius 1 is 1.24 bits per heavy atom. The lowest BCUT2D eigenvalue weighted by molar-refractivity contribution is 0.633. The fourth-order valence-corrected chi connectivity index (χ4v) is 5.36. The molecule has 0 radical (unpaired) electrons. The van der Waals surface area contributed by atoms with Crippen LogP contribution in [0.4, 0.5) is 10.1 Å². The topological polar surface area (TPSA) is 70.6 Å². The molecule has 6 rings (SSSR count). The van der Waals surface area contributed by atoms with Gasteiger partial charge in [-0.1, -0.05) is 24.4 Å². The predicted octanol–water partition coefficient (Wildman–Crippen LogP) is 5.13. The van der Waals surface area contributed by atoms with Crippen LogP contribution in [0.1, 0.15) is 12.8 Å². The average Bonchev–Trinajstić information content (AvgIpc) is 3.59. The van der Waals surface area contributed by atoms with Crippen LogP contribution in [0.15, 0.2) is 36.7 Å². The summed E-state index contributed by atoms with van der Waals surface area (Å²) in [5.74, 6) is 3.23. The van der Waals surface area contributed by atoms with Crippen LogP contribution in [-0.4, -0.2) is 39.6 Å². The van der Waals surface area contributed by atoms with E-state index in [9.17, 15) is 9.65 Å². The molecule has 1 saturated carbocycles. The standard InChI is InChI=1S/C24H21BClFN6/c1-32-11-16-6-15(7-21(27)23(16)31-32)22-9-20(26)18-8-17(10-29-24(18)30-22)33-5-4-25(13-28)19(12-33)14-2-3-14/h6-11,14,19H,2-5,12H2,1H3. The number of pyridine rings is 2. The Labute approximate surface area is 196 Å². The van der Waals surface area contributed by atoms with Gasteiger partial charge in [0.1, 0.15) is 5.52 Å². The van der Waals surface area contributed by atoms with Crippen molar-refractivity contribution in [2.24, 2.45) is 13.0 Å². The first-order chi connectivity index (χ1) is 16.0. The summed E-state index contributed by atoms with van der Waals surface area (Å²) in [6, 6.07) is 7.09. The molecule has 9 heteroatoms. The van der Waals surface area contributed by atoms with Gasteiger partial charge in [-0.2, -0.15) is 5.10 Å². The van der Waals surface area contributed by atoms with Crippen molar-refractivity contribution in [2.75, 3.05) is 18.0 Å². The number of aryl methyl sites for hydroxylation is 1. The number of hydrogen-bond donors (Lipinski definition) is 0. The average molecular weight is 459 g/mol. The molecule has 164 valence electrons. The highest BCUT2D eigenvalue weighted by molar-refractivity contribution is 6.69. The number of benzene rings is 1. The predicted molar refractivity (Wildman–Crippen MR) is 129 cm³/mol. The van der Waals surface area contributed by atoms with Crippen molar-refractivity contribution in [2.45, 2.75) is 25.0 Å². The van der Waals surface area contributed by atoms with E-state index < -0.39 is 5.82 Å². The molecule has 0 bridgehead atoms. The Morgan fingerprint density at radius 3 is 2.88 bits per heavy atom. The largest absolute Gasteiger partial charge is 0.371 e. The van der Waals surface area contributed by atoms with Gasteiger partial charge >= 0.3 is 0 Å². The quantitative estimate of drug-likeness (QED) is 0.398. The molecule has 0 spiro atoms. The van der Waals surface area contributed by atoms with Gasteiger partial charge in [0, 0.05) is 48.6 Å². The summed E-state index contributed by atoms with van der Waals surface area (Å²) >= 11 is 6.67. The van der Waals surface area contributed by atoms with Gasteiger partial charge in [-0.25, -0.2) is 19.6 Å². The zero-order valence-corrected chi connectivity index (χ0v) is 18.9. The lowest BCUT2D eigenvalue weighted by atomic mass is 9.37. The molecule has 1 aliphatic heterocycles. The van der Waals surface area contributed by atoms with E-state index in [2.05, 4.69) is 25.9 Å². The fraction of sp³-hybridized carbons (Fsp3) is 0.333. The summed E-state index contributed by atoms with van der Waals surface area (Å²) in [7, 11) is 1.77. The number of hydrogen-bond acceptors (Lipinski definition) is 5. The summed E-state index contributed by atoms with van der Waals surface area (Å²) in [5.41, 5.74) is 3.07. The van der Waals surface area contributed by atoms with E-state index in [1.54, 1.807) is 24.0 Å². The molecular formula is C24H21BClFN6. The third-order valence-corrected chi connectivity index (χ3v) is 7.30. The molecule has 1 saturated heterocycles. The number of rotatable bonds is 3. The molecule has 0 amide bonds. The molecule has 2 aliphatic rings. The van der Waals surface area contributed by atoms with E-state index in [1.807, 2.05) is 18.3 Å². The lowest BCUT2D eigenvalue weighted by Gasteiger charge is -2.36. The van der Waals surface area contributed by atoms with Crippen LogP contribution >= 0.6 is 11.6 Å². The minimum absolute atomic E-state index is 0.146. The number of anilines is 1. The number of nitrogens with zero attached hydrogens (tertiary/aromatic N) is 6. The van der Waals surface area contributed by atoms with Crippen molar-refractivity contribution in [3.05, 3.63) is 47.5 Å². The maximum atomic E-state index is 14.6. The van der Waals surface area contributed by atoms with Gasteiger partial charge < -0.3 is 4.90 Å². The number of fused-ring (bicyclic) bond motifs is 2. The Balaban J connectivity index is 1.35. The van der Waals surface area contributed by atoms with E-state index in [0.717, 1.165) is 30.5 Å². The molecule has 1 aromatic carbocycles. The first-order valence-electron chi connectivity index (χ1n) is 11.2. The zero-order chi connectivity index (χ0) is 22.7. The number of aromatic nitrogens is 4. The minimum atomic E-state index is -0.393. The Kier molecular flexibility index (Phi) is 4.77. The van der Waals surface area contributed by atoms with Crippen molar-refractivity contribution >= 4 is 45.9 Å². The second-order valence-corrected chi connectivity index (χ2v) is 9.63. The van der Waals surface area contributed by atoms with Crippen LogP contribution in [0.5, 0.6) is 0 Å². The van der Waals surface area contributed by atoms with E-state index in [-0.39, 0.29) is 6.71 Å². The molecule has 0 N–H and O–H groups in total. The molecule has 4 heterocycles. The molecule has 1 unspecified atom stereocenters. The smallest absolute Gasteiger partial charge is 0.274 e. The van der Waals surface area contributed by atoms with Gasteiger partial charge in [0.25, 0.3) is 6.71 Å². The molecule has 1 atom stereocenters. The highest BCUT2D eigenvalue weighted by Crippen LogP contribution is 2.45. The number of nitriles is 1. The Morgan fingerprint density at radius 2 is 2.09 bits per heavy atom.